The van der Waals surface area contributed by atoms with Crippen LogP contribution in [0.3, 0.4) is 0 Å². The van der Waals surface area contributed by atoms with E-state index in [1.165, 1.54) is 0 Å². The van der Waals surface area contributed by atoms with Gasteiger partial charge in [-0.1, -0.05) is 6.92 Å². The summed E-state index contributed by atoms with van der Waals surface area (Å²) in [5.74, 6) is 0. The van der Waals surface area contributed by atoms with Crippen molar-refractivity contribution in [3.63, 3.8) is 0 Å². The molecule has 0 saturated carbocycles. The fraction of sp³-hybridized carbons (Fsp3) is 1.00. The number of hydrogen-bond acceptors (Lipinski definition) is 3. The Morgan fingerprint density at radius 3 is 2.46 bits per heavy atom. The number of nitrogens with zero attached hydrogens (tertiary/aromatic N) is 1. The van der Waals surface area contributed by atoms with Crippen molar-refractivity contribution in [3.8, 4) is 0 Å². The summed E-state index contributed by atoms with van der Waals surface area (Å²) in [5.41, 5.74) is 0. The summed E-state index contributed by atoms with van der Waals surface area (Å²) in [6.07, 6.45) is 1.17. The van der Waals surface area contributed by atoms with Gasteiger partial charge in [0.15, 0.2) is 0 Å². The maximum absolute atomic E-state index is 8.67. The molecule has 0 aromatic heterocycles. The van der Waals surface area contributed by atoms with E-state index in [2.05, 4.69) is 11.8 Å². The molecule has 80 valence electrons. The second-order valence-electron chi connectivity index (χ2n) is 3.43. The molecule has 0 aliphatic heterocycles. The van der Waals surface area contributed by atoms with Crippen LogP contribution in [0.1, 0.15) is 27.2 Å². The van der Waals surface area contributed by atoms with Gasteiger partial charge in [-0.15, -0.1) is 0 Å². The quantitative estimate of drug-likeness (QED) is 0.621. The van der Waals surface area contributed by atoms with Gasteiger partial charge >= 0.3 is 0 Å². The van der Waals surface area contributed by atoms with Gasteiger partial charge in [0, 0.05) is 19.7 Å². The van der Waals surface area contributed by atoms with Crippen molar-refractivity contribution < 1.29 is 9.84 Å². The fourth-order valence-electron chi connectivity index (χ4n) is 1.14. The summed E-state index contributed by atoms with van der Waals surface area (Å²) in [6, 6.07) is 0. The lowest BCUT2D eigenvalue weighted by atomic mass is 10.4. The van der Waals surface area contributed by atoms with Crippen molar-refractivity contribution in [2.45, 2.75) is 33.3 Å². The number of hydrogen-bond donors (Lipinski definition) is 1. The number of ether oxygens (including phenoxy) is 1. The zero-order chi connectivity index (χ0) is 10.1. The molecule has 0 bridgehead atoms. The predicted octanol–water partition coefficient (Wildman–Crippen LogP) is 1.12. The van der Waals surface area contributed by atoms with E-state index in [0.29, 0.717) is 6.10 Å². The summed E-state index contributed by atoms with van der Waals surface area (Å²) in [4.78, 5) is 2.29. The molecule has 0 aliphatic rings. The van der Waals surface area contributed by atoms with E-state index in [0.717, 1.165) is 32.7 Å². The molecular formula is C10H23NO2. The molecule has 0 fully saturated rings. The van der Waals surface area contributed by atoms with Crippen LogP contribution in [0.25, 0.3) is 0 Å². The van der Waals surface area contributed by atoms with E-state index < -0.39 is 0 Å². The molecular weight excluding hydrogens is 166 g/mol. The van der Waals surface area contributed by atoms with Crippen LogP contribution in [-0.4, -0.2) is 49.0 Å². The molecule has 0 amide bonds. The van der Waals surface area contributed by atoms with Gasteiger partial charge in [-0.3, -0.25) is 0 Å². The van der Waals surface area contributed by atoms with Crippen LogP contribution < -0.4 is 0 Å². The van der Waals surface area contributed by atoms with Crippen LogP contribution in [0.15, 0.2) is 0 Å². The summed E-state index contributed by atoms with van der Waals surface area (Å²) in [5, 5.41) is 8.67. The lowest BCUT2D eigenvalue weighted by Crippen LogP contribution is -2.29. The number of aliphatic hydroxyl groups excluding tert-OH is 1. The first kappa shape index (κ1) is 12.9. The van der Waals surface area contributed by atoms with E-state index >= 15 is 0 Å². The van der Waals surface area contributed by atoms with Crippen molar-refractivity contribution >= 4 is 0 Å². The van der Waals surface area contributed by atoms with E-state index in [4.69, 9.17) is 9.84 Å². The average molecular weight is 189 g/mol. The Morgan fingerprint density at radius 2 is 2.00 bits per heavy atom. The smallest absolute Gasteiger partial charge is 0.0596 e. The van der Waals surface area contributed by atoms with Gasteiger partial charge in [0.25, 0.3) is 0 Å². The van der Waals surface area contributed by atoms with Gasteiger partial charge in [-0.2, -0.15) is 0 Å². The molecule has 13 heavy (non-hydrogen) atoms. The highest BCUT2D eigenvalue weighted by Gasteiger charge is 2.01. The normalized spacial score (nSPS) is 11.5. The summed E-state index contributed by atoms with van der Waals surface area (Å²) in [7, 11) is 0. The Hall–Kier alpha value is -0.120. The van der Waals surface area contributed by atoms with Crippen molar-refractivity contribution in [3.05, 3.63) is 0 Å². The molecule has 0 aromatic carbocycles. The SMILES string of the molecule is CCN(CCCO)CCOC(C)C. The molecule has 0 rings (SSSR count). The molecule has 0 unspecified atom stereocenters. The summed E-state index contributed by atoms with van der Waals surface area (Å²) in [6.45, 7) is 10.3. The van der Waals surface area contributed by atoms with Gasteiger partial charge in [-0.25, -0.2) is 0 Å². The van der Waals surface area contributed by atoms with Gasteiger partial charge in [0.05, 0.1) is 12.7 Å². The topological polar surface area (TPSA) is 32.7 Å². The first-order valence-electron chi connectivity index (χ1n) is 5.15. The van der Waals surface area contributed by atoms with Gasteiger partial charge in [0.1, 0.15) is 0 Å². The molecule has 0 aliphatic carbocycles. The molecule has 0 radical (unpaired) electrons. The minimum absolute atomic E-state index is 0.279. The van der Waals surface area contributed by atoms with Crippen LogP contribution in [0, 0.1) is 0 Å². The van der Waals surface area contributed by atoms with Gasteiger partial charge in [0.2, 0.25) is 0 Å². The number of aliphatic hydroxyl groups is 1. The third-order valence-corrected chi connectivity index (χ3v) is 1.94. The Labute approximate surface area is 81.7 Å². The largest absolute Gasteiger partial charge is 0.396 e. The van der Waals surface area contributed by atoms with Crippen molar-refractivity contribution in [1.29, 1.82) is 0 Å². The second-order valence-corrected chi connectivity index (χ2v) is 3.43. The molecule has 0 saturated heterocycles. The Kier molecular flexibility index (Phi) is 8.40. The van der Waals surface area contributed by atoms with E-state index in [-0.39, 0.29) is 6.61 Å². The highest BCUT2D eigenvalue weighted by molar-refractivity contribution is 4.54. The average Bonchev–Trinajstić information content (AvgIpc) is 2.10. The third kappa shape index (κ3) is 8.22. The second kappa shape index (κ2) is 8.48. The van der Waals surface area contributed by atoms with E-state index in [1.807, 2.05) is 13.8 Å². The van der Waals surface area contributed by atoms with Crippen LogP contribution in [0.5, 0.6) is 0 Å². The molecule has 0 spiro atoms. The van der Waals surface area contributed by atoms with Crippen LogP contribution >= 0.6 is 0 Å². The molecule has 0 heterocycles. The molecule has 3 nitrogen and oxygen atoms in total. The Bertz CT molecular complexity index is 107. The van der Waals surface area contributed by atoms with Gasteiger partial charge in [-0.05, 0) is 26.8 Å². The summed E-state index contributed by atoms with van der Waals surface area (Å²) >= 11 is 0. The molecule has 1 N–H and O–H groups in total. The number of rotatable bonds is 8. The highest BCUT2D eigenvalue weighted by atomic mass is 16.5. The first-order valence-corrected chi connectivity index (χ1v) is 5.15. The zero-order valence-electron chi connectivity index (χ0n) is 9.12. The minimum Gasteiger partial charge on any atom is -0.396 e. The molecule has 3 heteroatoms. The van der Waals surface area contributed by atoms with Crippen molar-refractivity contribution in [2.75, 3.05) is 32.8 Å². The fourth-order valence-corrected chi connectivity index (χ4v) is 1.14. The standard InChI is InChI=1S/C10H23NO2/c1-4-11(6-5-8-12)7-9-13-10(2)3/h10,12H,4-9H2,1-3H3. The van der Waals surface area contributed by atoms with Crippen LogP contribution in [0.4, 0.5) is 0 Å². The maximum Gasteiger partial charge on any atom is 0.0596 e. The van der Waals surface area contributed by atoms with Crippen molar-refractivity contribution in [1.82, 2.24) is 4.90 Å². The Morgan fingerprint density at radius 1 is 1.31 bits per heavy atom. The lowest BCUT2D eigenvalue weighted by molar-refractivity contribution is 0.0587. The molecule has 0 atom stereocenters. The van der Waals surface area contributed by atoms with Crippen LogP contribution in [0.2, 0.25) is 0 Å². The predicted molar refractivity (Wildman–Crippen MR) is 54.9 cm³/mol. The zero-order valence-corrected chi connectivity index (χ0v) is 9.12. The lowest BCUT2D eigenvalue weighted by Gasteiger charge is -2.20. The minimum atomic E-state index is 0.279. The van der Waals surface area contributed by atoms with Crippen LogP contribution in [-0.2, 0) is 4.74 Å². The summed E-state index contributed by atoms with van der Waals surface area (Å²) < 4.78 is 5.45. The maximum atomic E-state index is 8.67. The Balaban J connectivity index is 3.36. The first-order chi connectivity index (χ1) is 6.20. The van der Waals surface area contributed by atoms with Crippen molar-refractivity contribution in [2.24, 2.45) is 0 Å². The molecule has 0 aromatic rings. The number of likely N-dealkylation sites (N-methyl/N-ethyl adjacent to an activating group) is 1. The highest BCUT2D eigenvalue weighted by Crippen LogP contribution is 1.93. The van der Waals surface area contributed by atoms with Gasteiger partial charge < -0.3 is 14.7 Å². The monoisotopic (exact) mass is 189 g/mol. The van der Waals surface area contributed by atoms with E-state index in [1.54, 1.807) is 0 Å². The van der Waals surface area contributed by atoms with E-state index in [9.17, 15) is 0 Å². The third-order valence-electron chi connectivity index (χ3n) is 1.94.